The van der Waals surface area contributed by atoms with Gasteiger partial charge < -0.3 is 9.84 Å². The Balaban J connectivity index is 1.69. The number of allylic oxidation sites excluding steroid dienone is 2. The highest BCUT2D eigenvalue weighted by atomic mass is 35.5. The molecule has 1 heterocycles. The average Bonchev–Trinajstić information content (AvgIpc) is 3.15. The fourth-order valence-electron chi connectivity index (χ4n) is 3.98. The largest absolute Gasteiger partial charge is 0.480 e. The standard InChI is InChI=1S/C21H18ClNO4/c22-14-9-10-18-17(11-14)15-7-4-8-16(15)19(20(24)25)23(18)21(26)27-12-13-5-2-1-3-6-13/h1-7,9-11,15-16,19H,8,12H2,(H,24,25)/t15-,16+,19-/m1/s1. The fraction of sp³-hybridized carbons (Fsp3) is 0.238. The number of nitrogens with zero attached hydrogens (tertiary/aromatic N) is 1. The molecule has 0 saturated carbocycles. The summed E-state index contributed by atoms with van der Waals surface area (Å²) in [6, 6.07) is 13.5. The number of rotatable bonds is 3. The van der Waals surface area contributed by atoms with Crippen molar-refractivity contribution < 1.29 is 19.4 Å². The Kier molecular flexibility index (Phi) is 4.62. The van der Waals surface area contributed by atoms with Crippen LogP contribution in [0.1, 0.15) is 23.5 Å². The van der Waals surface area contributed by atoms with Gasteiger partial charge in [-0.15, -0.1) is 0 Å². The first-order valence-electron chi connectivity index (χ1n) is 8.75. The topological polar surface area (TPSA) is 66.8 Å². The molecule has 0 fully saturated rings. The molecule has 2 aromatic rings. The van der Waals surface area contributed by atoms with Gasteiger partial charge in [-0.2, -0.15) is 0 Å². The molecule has 1 amide bonds. The monoisotopic (exact) mass is 383 g/mol. The molecule has 0 radical (unpaired) electrons. The van der Waals surface area contributed by atoms with Crippen LogP contribution in [0.5, 0.6) is 0 Å². The summed E-state index contributed by atoms with van der Waals surface area (Å²) in [4.78, 5) is 26.2. The van der Waals surface area contributed by atoms with E-state index in [1.807, 2.05) is 42.5 Å². The molecule has 0 spiro atoms. The van der Waals surface area contributed by atoms with Crippen LogP contribution >= 0.6 is 11.6 Å². The number of carboxylic acids is 1. The molecule has 0 saturated heterocycles. The van der Waals surface area contributed by atoms with Gasteiger partial charge in [-0.25, -0.2) is 9.59 Å². The molecular formula is C21H18ClNO4. The summed E-state index contributed by atoms with van der Waals surface area (Å²) in [6.07, 6.45) is 3.90. The second-order valence-electron chi connectivity index (χ2n) is 6.75. The van der Waals surface area contributed by atoms with Gasteiger partial charge >= 0.3 is 12.1 Å². The Bertz CT molecular complexity index is 912. The van der Waals surface area contributed by atoms with Crippen LogP contribution in [0.2, 0.25) is 5.02 Å². The van der Waals surface area contributed by atoms with Crippen LogP contribution in [0.4, 0.5) is 10.5 Å². The number of anilines is 1. The molecule has 27 heavy (non-hydrogen) atoms. The van der Waals surface area contributed by atoms with E-state index >= 15 is 0 Å². The van der Waals surface area contributed by atoms with Crippen LogP contribution in [0.25, 0.3) is 0 Å². The predicted molar refractivity (Wildman–Crippen MR) is 102 cm³/mol. The molecular weight excluding hydrogens is 366 g/mol. The summed E-state index contributed by atoms with van der Waals surface area (Å²) in [6.45, 7) is 0.0811. The van der Waals surface area contributed by atoms with E-state index in [0.29, 0.717) is 17.1 Å². The molecule has 4 rings (SSSR count). The Morgan fingerprint density at radius 2 is 1.96 bits per heavy atom. The van der Waals surface area contributed by atoms with E-state index in [2.05, 4.69) is 0 Å². The number of fused-ring (bicyclic) bond motifs is 3. The van der Waals surface area contributed by atoms with E-state index in [1.165, 1.54) is 4.90 Å². The van der Waals surface area contributed by atoms with Gasteiger partial charge in [-0.1, -0.05) is 54.1 Å². The number of carboxylic acid groups (broad SMARTS) is 1. The van der Waals surface area contributed by atoms with E-state index in [4.69, 9.17) is 16.3 Å². The highest BCUT2D eigenvalue weighted by Gasteiger charge is 2.48. The number of aliphatic carboxylic acids is 1. The molecule has 2 aromatic carbocycles. The molecule has 1 aliphatic carbocycles. The van der Waals surface area contributed by atoms with Gasteiger partial charge in [0.05, 0.1) is 5.69 Å². The molecule has 2 aliphatic rings. The summed E-state index contributed by atoms with van der Waals surface area (Å²) < 4.78 is 5.45. The van der Waals surface area contributed by atoms with E-state index < -0.39 is 18.1 Å². The number of benzene rings is 2. The molecule has 5 nitrogen and oxygen atoms in total. The van der Waals surface area contributed by atoms with Crippen LogP contribution in [-0.2, 0) is 16.1 Å². The molecule has 1 aliphatic heterocycles. The maximum absolute atomic E-state index is 12.9. The minimum atomic E-state index is -1.04. The van der Waals surface area contributed by atoms with E-state index in [1.54, 1.807) is 18.2 Å². The first kappa shape index (κ1) is 17.6. The van der Waals surface area contributed by atoms with Crippen molar-refractivity contribution in [3.63, 3.8) is 0 Å². The molecule has 0 bridgehead atoms. The lowest BCUT2D eigenvalue weighted by molar-refractivity contribution is -0.140. The van der Waals surface area contributed by atoms with Gasteiger partial charge in [0.1, 0.15) is 12.6 Å². The van der Waals surface area contributed by atoms with Gasteiger partial charge in [0.15, 0.2) is 0 Å². The number of halogens is 1. The molecule has 138 valence electrons. The first-order chi connectivity index (χ1) is 13.1. The number of amides is 1. The minimum absolute atomic E-state index is 0.0713. The van der Waals surface area contributed by atoms with Gasteiger partial charge in [0.25, 0.3) is 0 Å². The van der Waals surface area contributed by atoms with Crippen molar-refractivity contribution in [2.75, 3.05) is 4.90 Å². The quantitative estimate of drug-likeness (QED) is 0.786. The van der Waals surface area contributed by atoms with Gasteiger partial charge in [-0.05, 0) is 35.7 Å². The Hall–Kier alpha value is -2.79. The van der Waals surface area contributed by atoms with E-state index in [-0.39, 0.29) is 18.4 Å². The highest BCUT2D eigenvalue weighted by Crippen LogP contribution is 2.48. The minimum Gasteiger partial charge on any atom is -0.480 e. The zero-order chi connectivity index (χ0) is 19.0. The maximum Gasteiger partial charge on any atom is 0.415 e. The lowest BCUT2D eigenvalue weighted by Crippen LogP contribution is -2.53. The number of hydrogen-bond acceptors (Lipinski definition) is 3. The zero-order valence-electron chi connectivity index (χ0n) is 14.4. The second-order valence-corrected chi connectivity index (χ2v) is 7.19. The Morgan fingerprint density at radius 3 is 2.70 bits per heavy atom. The van der Waals surface area contributed by atoms with Crippen molar-refractivity contribution in [2.45, 2.75) is 25.0 Å². The number of ether oxygens (including phenoxy) is 1. The third-order valence-electron chi connectivity index (χ3n) is 5.16. The van der Waals surface area contributed by atoms with Crippen LogP contribution in [-0.4, -0.2) is 23.2 Å². The summed E-state index contributed by atoms with van der Waals surface area (Å²) in [5.74, 6) is -1.35. The van der Waals surface area contributed by atoms with Crippen molar-refractivity contribution in [1.82, 2.24) is 0 Å². The fourth-order valence-corrected chi connectivity index (χ4v) is 4.16. The van der Waals surface area contributed by atoms with Gasteiger partial charge in [0.2, 0.25) is 0 Å². The van der Waals surface area contributed by atoms with E-state index in [0.717, 1.165) is 11.1 Å². The zero-order valence-corrected chi connectivity index (χ0v) is 15.2. The third kappa shape index (κ3) is 3.19. The summed E-state index contributed by atoms with van der Waals surface area (Å²) >= 11 is 6.16. The average molecular weight is 384 g/mol. The van der Waals surface area contributed by atoms with Crippen molar-refractivity contribution in [1.29, 1.82) is 0 Å². The van der Waals surface area contributed by atoms with Crippen molar-refractivity contribution in [3.8, 4) is 0 Å². The lowest BCUT2D eigenvalue weighted by atomic mass is 9.78. The Labute approximate surface area is 161 Å². The highest BCUT2D eigenvalue weighted by molar-refractivity contribution is 6.30. The summed E-state index contributed by atoms with van der Waals surface area (Å²) in [5, 5.41) is 10.4. The lowest BCUT2D eigenvalue weighted by Gasteiger charge is -2.41. The second kappa shape index (κ2) is 7.08. The molecule has 3 atom stereocenters. The molecule has 1 N–H and O–H groups in total. The van der Waals surface area contributed by atoms with Crippen molar-refractivity contribution >= 4 is 29.4 Å². The molecule has 0 unspecified atom stereocenters. The van der Waals surface area contributed by atoms with Gasteiger partial charge in [0, 0.05) is 16.9 Å². The third-order valence-corrected chi connectivity index (χ3v) is 5.39. The Morgan fingerprint density at radius 1 is 1.19 bits per heavy atom. The van der Waals surface area contributed by atoms with Crippen LogP contribution in [0.15, 0.2) is 60.7 Å². The van der Waals surface area contributed by atoms with Gasteiger partial charge in [-0.3, -0.25) is 4.90 Å². The first-order valence-corrected chi connectivity index (χ1v) is 9.13. The molecule has 6 heteroatoms. The number of hydrogen-bond donors (Lipinski definition) is 1. The number of carbonyl (C=O) groups is 2. The normalized spacial score (nSPS) is 22.9. The van der Waals surface area contributed by atoms with Crippen LogP contribution in [0, 0.1) is 5.92 Å². The van der Waals surface area contributed by atoms with Crippen molar-refractivity contribution in [2.24, 2.45) is 5.92 Å². The predicted octanol–water partition coefficient (Wildman–Crippen LogP) is 4.61. The summed E-state index contributed by atoms with van der Waals surface area (Å²) in [7, 11) is 0. The summed E-state index contributed by atoms with van der Waals surface area (Å²) in [5.41, 5.74) is 2.24. The maximum atomic E-state index is 12.9. The number of carbonyl (C=O) groups excluding carboxylic acids is 1. The van der Waals surface area contributed by atoms with E-state index in [9.17, 15) is 14.7 Å². The van der Waals surface area contributed by atoms with Crippen LogP contribution < -0.4 is 4.90 Å². The SMILES string of the molecule is O=C(O)[C@H]1[C@H]2CC=C[C@H]2c2cc(Cl)ccc2N1C(=O)OCc1ccccc1. The smallest absolute Gasteiger partial charge is 0.415 e. The molecule has 0 aromatic heterocycles. The van der Waals surface area contributed by atoms with Crippen LogP contribution in [0.3, 0.4) is 0 Å². The van der Waals surface area contributed by atoms with Crippen molar-refractivity contribution in [3.05, 3.63) is 76.8 Å².